The number of aromatic nitrogens is 3. The summed E-state index contributed by atoms with van der Waals surface area (Å²) >= 11 is 0. The molecule has 1 atom stereocenters. The molecule has 1 saturated heterocycles. The number of carbonyl (C=O) groups excluding carboxylic acids is 2. The standard InChI is InChI=1S/C19H23N5O3.C2HF3O2/c1-14-8-15(11-20-10-14)19(26)22-12-16-4-5-21-24(16)17(13-22)9-18(25)23-6-2-3-7-27-23;3-2(4,5)1(6)7/h4-5,8,10-11,17H,2-3,6-7,9,12-13H2,1H3;(H,6,7). The molecule has 2 aromatic heterocycles. The van der Waals surface area contributed by atoms with Crippen LogP contribution < -0.4 is 0 Å². The van der Waals surface area contributed by atoms with Crippen LogP contribution in [0.1, 0.15) is 46.9 Å². The van der Waals surface area contributed by atoms with Crippen LogP contribution >= 0.6 is 0 Å². The van der Waals surface area contributed by atoms with Crippen molar-refractivity contribution in [1.29, 1.82) is 0 Å². The van der Waals surface area contributed by atoms with Crippen LogP contribution in [0.3, 0.4) is 0 Å². The number of carboxylic acids is 1. The predicted octanol–water partition coefficient (Wildman–Crippen LogP) is 2.36. The van der Waals surface area contributed by atoms with Gasteiger partial charge >= 0.3 is 12.1 Å². The number of aliphatic carboxylic acids is 1. The van der Waals surface area contributed by atoms with Crippen LogP contribution in [-0.4, -0.2) is 73.5 Å². The van der Waals surface area contributed by atoms with Crippen molar-refractivity contribution in [2.75, 3.05) is 19.7 Å². The molecule has 0 saturated carbocycles. The third-order valence-corrected chi connectivity index (χ3v) is 5.22. The molecular weight excluding hydrogens is 459 g/mol. The number of hydroxylamine groups is 2. The average molecular weight is 483 g/mol. The minimum Gasteiger partial charge on any atom is -0.475 e. The van der Waals surface area contributed by atoms with Gasteiger partial charge in [-0.3, -0.25) is 24.1 Å². The maximum Gasteiger partial charge on any atom is 0.490 e. The Morgan fingerprint density at radius 1 is 1.24 bits per heavy atom. The van der Waals surface area contributed by atoms with E-state index in [1.807, 2.05) is 23.7 Å². The number of carboxylic acid groups (broad SMARTS) is 1. The molecule has 2 amide bonds. The van der Waals surface area contributed by atoms with Crippen molar-refractivity contribution in [1.82, 2.24) is 24.7 Å². The maximum absolute atomic E-state index is 13.0. The molecule has 0 aliphatic carbocycles. The molecule has 0 spiro atoms. The molecule has 2 aromatic rings. The van der Waals surface area contributed by atoms with Gasteiger partial charge in [0.15, 0.2) is 0 Å². The molecule has 10 nitrogen and oxygen atoms in total. The van der Waals surface area contributed by atoms with Crippen molar-refractivity contribution in [2.45, 2.75) is 44.9 Å². The third kappa shape index (κ3) is 6.31. The second-order valence-electron chi connectivity index (χ2n) is 7.90. The van der Waals surface area contributed by atoms with E-state index in [1.54, 1.807) is 23.5 Å². The molecule has 34 heavy (non-hydrogen) atoms. The Hall–Kier alpha value is -3.48. The summed E-state index contributed by atoms with van der Waals surface area (Å²) in [5.74, 6) is -2.90. The highest BCUT2D eigenvalue weighted by atomic mass is 19.4. The van der Waals surface area contributed by atoms with Gasteiger partial charge in [-0.1, -0.05) is 0 Å². The van der Waals surface area contributed by atoms with E-state index in [9.17, 15) is 22.8 Å². The summed E-state index contributed by atoms with van der Waals surface area (Å²) in [4.78, 5) is 45.8. The van der Waals surface area contributed by atoms with E-state index in [1.165, 1.54) is 5.06 Å². The number of carbonyl (C=O) groups is 3. The minimum absolute atomic E-state index is 0.0623. The van der Waals surface area contributed by atoms with Crippen LogP contribution in [0.4, 0.5) is 13.2 Å². The van der Waals surface area contributed by atoms with Crippen LogP contribution in [0, 0.1) is 6.92 Å². The van der Waals surface area contributed by atoms with Gasteiger partial charge in [-0.2, -0.15) is 18.3 Å². The lowest BCUT2D eigenvalue weighted by Crippen LogP contribution is -2.44. The molecule has 0 radical (unpaired) electrons. The van der Waals surface area contributed by atoms with Crippen LogP contribution in [0.2, 0.25) is 0 Å². The Bertz CT molecular complexity index is 1040. The summed E-state index contributed by atoms with van der Waals surface area (Å²) in [6, 6.07) is 3.52. The van der Waals surface area contributed by atoms with E-state index in [4.69, 9.17) is 14.7 Å². The molecule has 2 aliphatic heterocycles. The number of alkyl halides is 3. The van der Waals surface area contributed by atoms with E-state index in [-0.39, 0.29) is 24.3 Å². The molecular formula is C21H24F3N5O5. The Morgan fingerprint density at radius 3 is 2.59 bits per heavy atom. The highest BCUT2D eigenvalue weighted by molar-refractivity contribution is 5.94. The first kappa shape index (κ1) is 25.1. The van der Waals surface area contributed by atoms with E-state index >= 15 is 0 Å². The van der Waals surface area contributed by atoms with Gasteiger partial charge in [0.05, 0.1) is 36.9 Å². The van der Waals surface area contributed by atoms with Crippen molar-refractivity contribution >= 4 is 17.8 Å². The molecule has 13 heteroatoms. The fraction of sp³-hybridized carbons (Fsp3) is 0.476. The van der Waals surface area contributed by atoms with Gasteiger partial charge in [0.25, 0.3) is 5.91 Å². The van der Waals surface area contributed by atoms with Gasteiger partial charge in [0.1, 0.15) is 0 Å². The number of nitrogens with zero attached hydrogens (tertiary/aromatic N) is 5. The summed E-state index contributed by atoms with van der Waals surface area (Å²) in [5, 5.41) is 13.0. The number of halogens is 3. The SMILES string of the molecule is Cc1cncc(C(=O)N2Cc3ccnn3C(CC(=O)N3CCCCO3)C2)c1.O=C(O)C(F)(F)F. The number of rotatable bonds is 3. The Kier molecular flexibility index (Phi) is 7.87. The number of hydrogen-bond acceptors (Lipinski definition) is 6. The second kappa shape index (κ2) is 10.6. The molecule has 1 N–H and O–H groups in total. The molecule has 0 aromatic carbocycles. The average Bonchev–Trinajstić information content (AvgIpc) is 3.28. The first-order chi connectivity index (χ1) is 16.1. The minimum atomic E-state index is -5.08. The van der Waals surface area contributed by atoms with Gasteiger partial charge in [-0.25, -0.2) is 9.86 Å². The number of hydrogen-bond donors (Lipinski definition) is 1. The van der Waals surface area contributed by atoms with Crippen LogP contribution in [0.5, 0.6) is 0 Å². The molecule has 0 bridgehead atoms. The van der Waals surface area contributed by atoms with E-state index in [0.717, 1.165) is 24.1 Å². The van der Waals surface area contributed by atoms with Crippen LogP contribution in [0.15, 0.2) is 30.7 Å². The maximum atomic E-state index is 13.0. The lowest BCUT2D eigenvalue weighted by molar-refractivity contribution is -0.198. The number of pyridine rings is 1. The molecule has 184 valence electrons. The molecule has 4 heterocycles. The van der Waals surface area contributed by atoms with E-state index in [2.05, 4.69) is 10.1 Å². The van der Waals surface area contributed by atoms with E-state index < -0.39 is 12.1 Å². The fourth-order valence-electron chi connectivity index (χ4n) is 3.64. The number of amides is 2. The van der Waals surface area contributed by atoms with Crippen LogP contribution in [-0.2, 0) is 21.0 Å². The number of fused-ring (bicyclic) bond motifs is 1. The quantitative estimate of drug-likeness (QED) is 0.712. The summed E-state index contributed by atoms with van der Waals surface area (Å²) < 4.78 is 33.6. The van der Waals surface area contributed by atoms with Gasteiger partial charge in [0.2, 0.25) is 5.91 Å². The topological polar surface area (TPSA) is 118 Å². The normalized spacial score (nSPS) is 17.9. The Labute approximate surface area is 192 Å². The van der Waals surface area contributed by atoms with Crippen molar-refractivity contribution in [2.24, 2.45) is 0 Å². The largest absolute Gasteiger partial charge is 0.490 e. The molecule has 4 rings (SSSR count). The van der Waals surface area contributed by atoms with E-state index in [0.29, 0.717) is 31.8 Å². The summed E-state index contributed by atoms with van der Waals surface area (Å²) in [6.45, 7) is 4.01. The first-order valence-electron chi connectivity index (χ1n) is 10.5. The molecule has 1 unspecified atom stereocenters. The molecule has 2 aliphatic rings. The lowest BCUT2D eigenvalue weighted by Gasteiger charge is -2.35. The lowest BCUT2D eigenvalue weighted by atomic mass is 10.1. The fourth-order valence-corrected chi connectivity index (χ4v) is 3.64. The zero-order chi connectivity index (χ0) is 24.9. The van der Waals surface area contributed by atoms with Crippen molar-refractivity contribution < 1.29 is 37.5 Å². The summed E-state index contributed by atoms with van der Waals surface area (Å²) in [5.41, 5.74) is 2.43. The zero-order valence-corrected chi connectivity index (χ0v) is 18.4. The second-order valence-corrected chi connectivity index (χ2v) is 7.90. The summed E-state index contributed by atoms with van der Waals surface area (Å²) in [6.07, 6.45) is 2.12. The zero-order valence-electron chi connectivity index (χ0n) is 18.4. The first-order valence-corrected chi connectivity index (χ1v) is 10.5. The van der Waals surface area contributed by atoms with Gasteiger partial charge < -0.3 is 10.0 Å². The van der Waals surface area contributed by atoms with Gasteiger partial charge in [-0.05, 0) is 37.5 Å². The monoisotopic (exact) mass is 483 g/mol. The van der Waals surface area contributed by atoms with Crippen molar-refractivity contribution in [3.8, 4) is 0 Å². The Morgan fingerprint density at radius 2 is 1.97 bits per heavy atom. The number of aryl methyl sites for hydroxylation is 1. The van der Waals surface area contributed by atoms with Gasteiger partial charge in [-0.15, -0.1) is 0 Å². The molecule has 1 fully saturated rings. The third-order valence-electron chi connectivity index (χ3n) is 5.22. The van der Waals surface area contributed by atoms with Crippen LogP contribution in [0.25, 0.3) is 0 Å². The highest BCUT2D eigenvalue weighted by Gasteiger charge is 2.38. The Balaban J connectivity index is 0.000000406. The van der Waals surface area contributed by atoms with Gasteiger partial charge in [0, 0.05) is 31.7 Å². The summed E-state index contributed by atoms with van der Waals surface area (Å²) in [7, 11) is 0. The smallest absolute Gasteiger partial charge is 0.475 e. The van der Waals surface area contributed by atoms with Crippen molar-refractivity contribution in [3.05, 3.63) is 47.5 Å². The van der Waals surface area contributed by atoms with Crippen molar-refractivity contribution in [3.63, 3.8) is 0 Å². The highest BCUT2D eigenvalue weighted by Crippen LogP contribution is 2.25. The predicted molar refractivity (Wildman–Crippen MR) is 110 cm³/mol.